The Morgan fingerprint density at radius 1 is 1.22 bits per heavy atom. The molecule has 2 aliphatic rings. The van der Waals surface area contributed by atoms with E-state index < -0.39 is 9.84 Å². The summed E-state index contributed by atoms with van der Waals surface area (Å²) in [6, 6.07) is 8.57. The molecule has 2 aliphatic heterocycles. The summed E-state index contributed by atoms with van der Waals surface area (Å²) in [6.45, 7) is 2.40. The molecule has 0 radical (unpaired) electrons. The van der Waals surface area contributed by atoms with E-state index in [4.69, 9.17) is 0 Å². The van der Waals surface area contributed by atoms with Crippen molar-refractivity contribution in [2.45, 2.75) is 10.8 Å². The Kier molecular flexibility index (Phi) is 3.38. The minimum atomic E-state index is -2.76. The summed E-state index contributed by atoms with van der Waals surface area (Å²) in [7, 11) is -2.76. The van der Waals surface area contributed by atoms with Crippen LogP contribution < -0.4 is 0 Å². The summed E-state index contributed by atoms with van der Waals surface area (Å²) < 4.78 is 22.8. The third kappa shape index (κ3) is 2.58. The second-order valence-corrected chi connectivity index (χ2v) is 8.36. The zero-order valence-electron chi connectivity index (χ0n) is 10.2. The minimum absolute atomic E-state index is 0.328. The molecule has 1 aromatic carbocycles. The highest BCUT2D eigenvalue weighted by Gasteiger charge is 2.28. The third-order valence-corrected chi connectivity index (χ3v) is 6.58. The van der Waals surface area contributed by atoms with Gasteiger partial charge in [-0.1, -0.05) is 18.2 Å². The summed E-state index contributed by atoms with van der Waals surface area (Å²) in [6.07, 6.45) is 0. The topological polar surface area (TPSA) is 37.4 Å². The zero-order valence-corrected chi connectivity index (χ0v) is 11.8. The maximum Gasteiger partial charge on any atom is 0.152 e. The van der Waals surface area contributed by atoms with Gasteiger partial charge >= 0.3 is 0 Å². The first-order chi connectivity index (χ1) is 8.64. The van der Waals surface area contributed by atoms with Crippen LogP contribution in [0.1, 0.15) is 11.5 Å². The SMILES string of the molecule is O=S1(=O)CCN(CC2CSc3ccccc32)CC1. The average Bonchev–Trinajstić information content (AvgIpc) is 2.76. The van der Waals surface area contributed by atoms with E-state index >= 15 is 0 Å². The predicted octanol–water partition coefficient (Wildman–Crippen LogP) is 1.61. The van der Waals surface area contributed by atoms with E-state index in [0.29, 0.717) is 30.5 Å². The van der Waals surface area contributed by atoms with E-state index in [2.05, 4.69) is 29.2 Å². The minimum Gasteiger partial charge on any atom is -0.301 e. The van der Waals surface area contributed by atoms with Gasteiger partial charge in [-0.25, -0.2) is 8.42 Å². The number of fused-ring (bicyclic) bond motifs is 1. The summed E-state index contributed by atoms with van der Waals surface area (Å²) in [5.41, 5.74) is 1.44. The lowest BCUT2D eigenvalue weighted by molar-refractivity contribution is 0.283. The Bertz CT molecular complexity index is 528. The molecule has 0 amide bonds. The summed E-state index contributed by atoms with van der Waals surface area (Å²) >= 11 is 1.92. The van der Waals surface area contributed by atoms with Crippen molar-refractivity contribution in [3.8, 4) is 0 Å². The predicted molar refractivity (Wildman–Crippen MR) is 75.0 cm³/mol. The van der Waals surface area contributed by atoms with Crippen LogP contribution in [0.4, 0.5) is 0 Å². The molecule has 1 saturated heterocycles. The number of sulfone groups is 1. The van der Waals surface area contributed by atoms with Gasteiger partial charge in [0.25, 0.3) is 0 Å². The molecule has 2 heterocycles. The summed E-state index contributed by atoms with van der Waals surface area (Å²) in [4.78, 5) is 3.70. The van der Waals surface area contributed by atoms with Crippen LogP contribution in [-0.4, -0.2) is 50.2 Å². The average molecular weight is 283 g/mol. The van der Waals surface area contributed by atoms with Crippen LogP contribution in [0.25, 0.3) is 0 Å². The van der Waals surface area contributed by atoms with Crippen molar-refractivity contribution in [2.75, 3.05) is 36.9 Å². The molecule has 3 nitrogen and oxygen atoms in total. The lowest BCUT2D eigenvalue weighted by atomic mass is 10.0. The Morgan fingerprint density at radius 2 is 1.94 bits per heavy atom. The van der Waals surface area contributed by atoms with Crippen molar-refractivity contribution in [3.05, 3.63) is 29.8 Å². The van der Waals surface area contributed by atoms with Crippen LogP contribution in [0.3, 0.4) is 0 Å². The van der Waals surface area contributed by atoms with E-state index in [-0.39, 0.29) is 0 Å². The monoisotopic (exact) mass is 283 g/mol. The van der Waals surface area contributed by atoms with Crippen LogP contribution in [0.15, 0.2) is 29.2 Å². The molecular weight excluding hydrogens is 266 g/mol. The van der Waals surface area contributed by atoms with E-state index in [1.807, 2.05) is 11.8 Å². The van der Waals surface area contributed by atoms with Crippen molar-refractivity contribution >= 4 is 21.6 Å². The first-order valence-electron chi connectivity index (χ1n) is 6.28. The molecule has 18 heavy (non-hydrogen) atoms. The molecule has 1 unspecified atom stereocenters. The van der Waals surface area contributed by atoms with Crippen LogP contribution in [-0.2, 0) is 9.84 Å². The van der Waals surface area contributed by atoms with Gasteiger partial charge < -0.3 is 4.90 Å². The third-order valence-electron chi connectivity index (χ3n) is 3.71. The Labute approximate surface area is 112 Å². The van der Waals surface area contributed by atoms with E-state index in [1.165, 1.54) is 10.5 Å². The molecule has 1 fully saturated rings. The molecule has 0 spiro atoms. The van der Waals surface area contributed by atoms with E-state index in [9.17, 15) is 8.42 Å². The molecule has 98 valence electrons. The van der Waals surface area contributed by atoms with Crippen molar-refractivity contribution in [1.29, 1.82) is 0 Å². The van der Waals surface area contributed by atoms with E-state index in [0.717, 1.165) is 12.3 Å². The van der Waals surface area contributed by atoms with Gasteiger partial charge in [-0.05, 0) is 11.6 Å². The van der Waals surface area contributed by atoms with Crippen LogP contribution in [0.2, 0.25) is 0 Å². The fraction of sp³-hybridized carbons (Fsp3) is 0.538. The van der Waals surface area contributed by atoms with Crippen molar-refractivity contribution < 1.29 is 8.42 Å². The molecule has 0 saturated carbocycles. The van der Waals surface area contributed by atoms with Gasteiger partial charge in [-0.3, -0.25) is 0 Å². The van der Waals surface area contributed by atoms with Gasteiger partial charge in [0.15, 0.2) is 9.84 Å². The van der Waals surface area contributed by atoms with Crippen molar-refractivity contribution in [3.63, 3.8) is 0 Å². The Balaban J connectivity index is 1.65. The van der Waals surface area contributed by atoms with Crippen molar-refractivity contribution in [2.24, 2.45) is 0 Å². The number of rotatable bonds is 2. The fourth-order valence-electron chi connectivity index (χ4n) is 2.62. The highest BCUT2D eigenvalue weighted by molar-refractivity contribution is 7.99. The van der Waals surface area contributed by atoms with Gasteiger partial charge in [0.1, 0.15) is 0 Å². The number of benzene rings is 1. The first kappa shape index (κ1) is 12.5. The smallest absolute Gasteiger partial charge is 0.152 e. The lowest BCUT2D eigenvalue weighted by Crippen LogP contribution is -2.42. The maximum absolute atomic E-state index is 11.4. The second kappa shape index (κ2) is 4.87. The molecule has 0 bridgehead atoms. The highest BCUT2D eigenvalue weighted by Crippen LogP contribution is 2.39. The molecule has 0 N–H and O–H groups in total. The van der Waals surface area contributed by atoms with Crippen molar-refractivity contribution in [1.82, 2.24) is 4.90 Å². The number of hydrogen-bond donors (Lipinski definition) is 0. The zero-order chi connectivity index (χ0) is 12.6. The van der Waals surface area contributed by atoms with Crippen LogP contribution in [0.5, 0.6) is 0 Å². The molecule has 0 aromatic heterocycles. The molecule has 3 rings (SSSR count). The molecule has 5 heteroatoms. The molecule has 1 atom stereocenters. The van der Waals surface area contributed by atoms with Crippen LogP contribution >= 0.6 is 11.8 Å². The van der Waals surface area contributed by atoms with Gasteiger partial charge in [0.05, 0.1) is 11.5 Å². The first-order valence-corrected chi connectivity index (χ1v) is 9.09. The quantitative estimate of drug-likeness (QED) is 0.826. The summed E-state index contributed by atoms with van der Waals surface area (Å²) in [5, 5.41) is 0. The van der Waals surface area contributed by atoms with E-state index in [1.54, 1.807) is 0 Å². The molecular formula is C13H17NO2S2. The summed E-state index contributed by atoms with van der Waals surface area (Å²) in [5.74, 6) is 2.35. The number of hydrogen-bond acceptors (Lipinski definition) is 4. The molecule has 0 aliphatic carbocycles. The van der Waals surface area contributed by atoms with Gasteiger partial charge in [0, 0.05) is 36.2 Å². The maximum atomic E-state index is 11.4. The largest absolute Gasteiger partial charge is 0.301 e. The Morgan fingerprint density at radius 3 is 2.72 bits per heavy atom. The van der Waals surface area contributed by atoms with Gasteiger partial charge in [-0.2, -0.15) is 0 Å². The van der Waals surface area contributed by atoms with Crippen LogP contribution in [0, 0.1) is 0 Å². The van der Waals surface area contributed by atoms with Gasteiger partial charge in [-0.15, -0.1) is 11.8 Å². The molecule has 1 aromatic rings. The highest BCUT2D eigenvalue weighted by atomic mass is 32.2. The van der Waals surface area contributed by atoms with Gasteiger partial charge in [0.2, 0.25) is 0 Å². The normalized spacial score (nSPS) is 27.0. The number of nitrogens with zero attached hydrogens (tertiary/aromatic N) is 1. The lowest BCUT2D eigenvalue weighted by Gasteiger charge is -2.29. The second-order valence-electron chi connectivity index (χ2n) is 5.00. The Hall–Kier alpha value is -0.520. The fourth-order valence-corrected chi connectivity index (χ4v) is 5.14. The standard InChI is InChI=1S/C13H17NO2S2/c15-18(16)7-5-14(6-8-18)9-11-10-17-13-4-2-1-3-12(11)13/h1-4,11H,5-10H2. The number of thioether (sulfide) groups is 1.